The van der Waals surface area contributed by atoms with Gasteiger partial charge < -0.3 is 4.42 Å². The Hall–Kier alpha value is -1.90. The van der Waals surface area contributed by atoms with E-state index < -0.39 is 0 Å². The number of aldehydes is 1. The Morgan fingerprint density at radius 3 is 3.00 bits per heavy atom. The van der Waals surface area contributed by atoms with E-state index >= 15 is 0 Å². The van der Waals surface area contributed by atoms with Crippen LogP contribution in [0.5, 0.6) is 0 Å². The van der Waals surface area contributed by atoms with Gasteiger partial charge in [0.05, 0.1) is 12.5 Å². The van der Waals surface area contributed by atoms with Gasteiger partial charge in [0.25, 0.3) is 0 Å². The number of rotatable bonds is 2. The van der Waals surface area contributed by atoms with Crippen LogP contribution in [0.1, 0.15) is 10.4 Å². The zero-order chi connectivity index (χ0) is 9.10. The molecule has 0 aliphatic heterocycles. The zero-order valence-electron chi connectivity index (χ0n) is 6.81. The molecule has 2 aromatic rings. The van der Waals surface area contributed by atoms with Gasteiger partial charge in [-0.3, -0.25) is 9.78 Å². The van der Waals surface area contributed by atoms with Crippen molar-refractivity contribution in [3.63, 3.8) is 0 Å². The number of carbonyl (C=O) groups excluding carboxylic acids is 1. The second kappa shape index (κ2) is 3.23. The van der Waals surface area contributed by atoms with Crippen molar-refractivity contribution in [3.8, 4) is 11.1 Å². The molecule has 0 aromatic carbocycles. The molecule has 0 radical (unpaired) electrons. The summed E-state index contributed by atoms with van der Waals surface area (Å²) in [6, 6.07) is 3.59. The van der Waals surface area contributed by atoms with E-state index in [1.807, 2.05) is 6.07 Å². The standard InChI is InChI=1S/C10H7NO2/c12-6-9-5-11-3-1-10(9)8-2-4-13-7-8/h1-7H. The maximum Gasteiger partial charge on any atom is 0.152 e. The molecule has 0 unspecified atom stereocenters. The Kier molecular flexibility index (Phi) is 1.92. The van der Waals surface area contributed by atoms with Crippen LogP contribution in [0.25, 0.3) is 11.1 Å². The summed E-state index contributed by atoms with van der Waals surface area (Å²) in [6.45, 7) is 0. The van der Waals surface area contributed by atoms with Crippen LogP contribution in [0.15, 0.2) is 41.5 Å². The highest BCUT2D eigenvalue weighted by molar-refractivity contribution is 5.86. The van der Waals surface area contributed by atoms with Crippen LogP contribution in [0.2, 0.25) is 0 Å². The summed E-state index contributed by atoms with van der Waals surface area (Å²) in [5, 5.41) is 0. The molecule has 0 atom stereocenters. The molecule has 2 aromatic heterocycles. The molecule has 2 heterocycles. The van der Waals surface area contributed by atoms with Gasteiger partial charge in [-0.05, 0) is 17.7 Å². The topological polar surface area (TPSA) is 43.1 Å². The van der Waals surface area contributed by atoms with Crippen molar-refractivity contribution in [3.05, 3.63) is 42.6 Å². The molecule has 0 spiro atoms. The van der Waals surface area contributed by atoms with Gasteiger partial charge in [0.15, 0.2) is 6.29 Å². The van der Waals surface area contributed by atoms with E-state index in [9.17, 15) is 4.79 Å². The van der Waals surface area contributed by atoms with Crippen LogP contribution in [-0.4, -0.2) is 11.3 Å². The van der Waals surface area contributed by atoms with Gasteiger partial charge >= 0.3 is 0 Å². The minimum atomic E-state index is 0.573. The molecular formula is C10H7NO2. The maximum absolute atomic E-state index is 10.7. The Bertz CT molecular complexity index is 407. The summed E-state index contributed by atoms with van der Waals surface area (Å²) >= 11 is 0. The molecular weight excluding hydrogens is 166 g/mol. The van der Waals surface area contributed by atoms with Crippen LogP contribution in [0.3, 0.4) is 0 Å². The second-order valence-electron chi connectivity index (χ2n) is 2.59. The summed E-state index contributed by atoms with van der Waals surface area (Å²) < 4.78 is 4.93. The van der Waals surface area contributed by atoms with Crippen molar-refractivity contribution < 1.29 is 9.21 Å². The molecule has 64 valence electrons. The monoisotopic (exact) mass is 173 g/mol. The predicted octanol–water partition coefficient (Wildman–Crippen LogP) is 2.15. The quantitative estimate of drug-likeness (QED) is 0.653. The average Bonchev–Trinajstić information content (AvgIpc) is 2.70. The minimum absolute atomic E-state index is 0.573. The smallest absolute Gasteiger partial charge is 0.152 e. The van der Waals surface area contributed by atoms with E-state index in [1.54, 1.807) is 24.8 Å². The molecule has 2 rings (SSSR count). The number of hydrogen-bond donors (Lipinski definition) is 0. The van der Waals surface area contributed by atoms with Crippen molar-refractivity contribution in [2.75, 3.05) is 0 Å². The molecule has 0 saturated carbocycles. The largest absolute Gasteiger partial charge is 0.472 e. The van der Waals surface area contributed by atoms with Gasteiger partial charge in [-0.25, -0.2) is 0 Å². The molecule has 3 heteroatoms. The summed E-state index contributed by atoms with van der Waals surface area (Å²) in [5.74, 6) is 0. The first-order valence-corrected chi connectivity index (χ1v) is 3.83. The van der Waals surface area contributed by atoms with Crippen molar-refractivity contribution in [2.24, 2.45) is 0 Å². The zero-order valence-corrected chi connectivity index (χ0v) is 6.81. The Morgan fingerprint density at radius 2 is 2.31 bits per heavy atom. The van der Waals surface area contributed by atoms with Crippen LogP contribution >= 0.6 is 0 Å². The van der Waals surface area contributed by atoms with Gasteiger partial charge in [-0.15, -0.1) is 0 Å². The highest BCUT2D eigenvalue weighted by Gasteiger charge is 2.04. The molecule has 3 nitrogen and oxygen atoms in total. The van der Waals surface area contributed by atoms with Crippen LogP contribution in [-0.2, 0) is 0 Å². The molecule has 0 fully saturated rings. The minimum Gasteiger partial charge on any atom is -0.472 e. The van der Waals surface area contributed by atoms with E-state index in [4.69, 9.17) is 4.42 Å². The van der Waals surface area contributed by atoms with E-state index in [0.29, 0.717) is 5.56 Å². The first-order valence-electron chi connectivity index (χ1n) is 3.83. The highest BCUT2D eigenvalue weighted by atomic mass is 16.3. The van der Waals surface area contributed by atoms with Crippen molar-refractivity contribution >= 4 is 6.29 Å². The molecule has 0 bridgehead atoms. The number of carbonyl (C=O) groups is 1. The third-order valence-electron chi connectivity index (χ3n) is 1.81. The van der Waals surface area contributed by atoms with Crippen molar-refractivity contribution in [1.82, 2.24) is 4.98 Å². The fraction of sp³-hybridized carbons (Fsp3) is 0. The number of aromatic nitrogens is 1. The van der Waals surface area contributed by atoms with Gasteiger partial charge in [0.1, 0.15) is 0 Å². The van der Waals surface area contributed by atoms with Crippen LogP contribution < -0.4 is 0 Å². The van der Waals surface area contributed by atoms with Crippen LogP contribution in [0.4, 0.5) is 0 Å². The lowest BCUT2D eigenvalue weighted by Crippen LogP contribution is -1.86. The summed E-state index contributed by atoms with van der Waals surface area (Å²) in [6.07, 6.45) is 7.15. The van der Waals surface area contributed by atoms with E-state index in [0.717, 1.165) is 17.4 Å². The Balaban J connectivity index is 2.57. The number of hydrogen-bond acceptors (Lipinski definition) is 3. The summed E-state index contributed by atoms with van der Waals surface area (Å²) in [4.78, 5) is 14.5. The second-order valence-corrected chi connectivity index (χ2v) is 2.59. The highest BCUT2D eigenvalue weighted by Crippen LogP contribution is 2.21. The lowest BCUT2D eigenvalue weighted by molar-refractivity contribution is 0.112. The van der Waals surface area contributed by atoms with Crippen LogP contribution in [0, 0.1) is 0 Å². The molecule has 13 heavy (non-hydrogen) atoms. The Morgan fingerprint density at radius 1 is 1.38 bits per heavy atom. The molecule has 0 aliphatic rings. The Labute approximate surface area is 75.0 Å². The van der Waals surface area contributed by atoms with Gasteiger partial charge in [0, 0.05) is 23.5 Å². The predicted molar refractivity (Wildman–Crippen MR) is 47.3 cm³/mol. The average molecular weight is 173 g/mol. The lowest BCUT2D eigenvalue weighted by atomic mass is 10.1. The van der Waals surface area contributed by atoms with E-state index in [-0.39, 0.29) is 0 Å². The number of pyridine rings is 1. The lowest BCUT2D eigenvalue weighted by Gasteiger charge is -1.98. The van der Waals surface area contributed by atoms with Crippen molar-refractivity contribution in [1.29, 1.82) is 0 Å². The number of furan rings is 1. The van der Waals surface area contributed by atoms with Gasteiger partial charge in [-0.2, -0.15) is 0 Å². The van der Waals surface area contributed by atoms with Crippen molar-refractivity contribution in [2.45, 2.75) is 0 Å². The first-order chi connectivity index (χ1) is 6.42. The normalized spacial score (nSPS) is 9.85. The van der Waals surface area contributed by atoms with Gasteiger partial charge in [-0.1, -0.05) is 0 Å². The molecule has 0 aliphatic carbocycles. The fourth-order valence-electron chi connectivity index (χ4n) is 1.18. The van der Waals surface area contributed by atoms with Gasteiger partial charge in [0.2, 0.25) is 0 Å². The summed E-state index contributed by atoms with van der Waals surface area (Å²) in [5.41, 5.74) is 2.31. The fourth-order valence-corrected chi connectivity index (χ4v) is 1.18. The van der Waals surface area contributed by atoms with E-state index in [1.165, 1.54) is 6.20 Å². The third kappa shape index (κ3) is 1.36. The maximum atomic E-state index is 10.7. The van der Waals surface area contributed by atoms with E-state index in [2.05, 4.69) is 4.98 Å². The number of nitrogens with zero attached hydrogens (tertiary/aromatic N) is 1. The molecule has 0 saturated heterocycles. The molecule has 0 amide bonds. The molecule has 0 N–H and O–H groups in total. The SMILES string of the molecule is O=Cc1cnccc1-c1ccoc1. The third-order valence-corrected chi connectivity index (χ3v) is 1.81. The summed E-state index contributed by atoms with van der Waals surface area (Å²) in [7, 11) is 0. The first kappa shape index (κ1) is 7.73.